The molecule has 202 valence electrons. The Morgan fingerprint density at radius 2 is 2.11 bits per heavy atom. The predicted octanol–water partition coefficient (Wildman–Crippen LogP) is 6.63. The second-order valence-electron chi connectivity index (χ2n) is 9.93. The van der Waals surface area contributed by atoms with Gasteiger partial charge in [-0.15, -0.1) is 0 Å². The fourth-order valence-electron chi connectivity index (χ4n) is 4.84. The van der Waals surface area contributed by atoms with Crippen LogP contribution in [0.4, 0.5) is 0 Å². The summed E-state index contributed by atoms with van der Waals surface area (Å²) in [7, 11) is 0. The summed E-state index contributed by atoms with van der Waals surface area (Å²) in [4.78, 5) is 13.3. The van der Waals surface area contributed by atoms with Gasteiger partial charge in [-0.25, -0.2) is 0 Å². The highest BCUT2D eigenvalue weighted by Gasteiger charge is 2.25. The standard InChI is InChI=1S/C29H47BrN4O2/c1-5-8-10-16-25-19-28(33-34(25)24-14-11-9-12-15-24)29(35)32-27(17-18-31)22(4)20-36-21-23(13-6-2)26(30)7-3/h6-7,13,19,22,24,27H,2,5,8-12,14-18,20-21,31H2,1,3-4H3,(H,32,35)/b23-13-,26-7+/t22-,27?/m0/s1. The fraction of sp³-hybridized carbons (Fsp3) is 0.655. The first kappa shape index (κ1) is 30.5. The minimum absolute atomic E-state index is 0.0807. The van der Waals surface area contributed by atoms with Crippen LogP contribution < -0.4 is 11.1 Å². The molecule has 0 spiro atoms. The van der Waals surface area contributed by atoms with Crippen LogP contribution >= 0.6 is 15.9 Å². The van der Waals surface area contributed by atoms with Crippen molar-refractivity contribution >= 4 is 21.8 Å². The van der Waals surface area contributed by atoms with Gasteiger partial charge in [0.1, 0.15) is 5.69 Å². The molecular formula is C29H47BrN4O2. The Labute approximate surface area is 226 Å². The minimum atomic E-state index is -0.115. The lowest BCUT2D eigenvalue weighted by molar-refractivity contribution is 0.0840. The van der Waals surface area contributed by atoms with Crippen molar-refractivity contribution in [3.05, 3.63) is 52.3 Å². The van der Waals surface area contributed by atoms with Crippen molar-refractivity contribution in [1.82, 2.24) is 15.1 Å². The van der Waals surface area contributed by atoms with Gasteiger partial charge in [-0.05, 0) is 63.1 Å². The predicted molar refractivity (Wildman–Crippen MR) is 153 cm³/mol. The second kappa shape index (κ2) is 16.9. The normalized spacial score (nSPS) is 17.1. The SMILES string of the molecule is C=C/C=C(COC[C@H](C)C(CCN)NC(=O)c1cc(CCCCC)n(C2CCCCC2)n1)\C(Br)=C/C. The Morgan fingerprint density at radius 3 is 2.75 bits per heavy atom. The zero-order valence-electron chi connectivity index (χ0n) is 22.6. The number of hydrogen-bond acceptors (Lipinski definition) is 4. The van der Waals surface area contributed by atoms with Crippen LogP contribution in [0.3, 0.4) is 0 Å². The zero-order valence-corrected chi connectivity index (χ0v) is 24.2. The van der Waals surface area contributed by atoms with Gasteiger partial charge in [-0.3, -0.25) is 9.48 Å². The first-order valence-electron chi connectivity index (χ1n) is 13.8. The van der Waals surface area contributed by atoms with Crippen LogP contribution in [-0.2, 0) is 11.2 Å². The van der Waals surface area contributed by atoms with Gasteiger partial charge in [0.2, 0.25) is 0 Å². The van der Waals surface area contributed by atoms with Crippen LogP contribution in [-0.4, -0.2) is 41.5 Å². The fourth-order valence-corrected chi connectivity index (χ4v) is 5.09. The van der Waals surface area contributed by atoms with E-state index in [1.165, 1.54) is 37.8 Å². The maximum atomic E-state index is 13.3. The number of aryl methyl sites for hydroxylation is 1. The highest BCUT2D eigenvalue weighted by molar-refractivity contribution is 9.12. The number of allylic oxidation sites excluding steroid dienone is 3. The Morgan fingerprint density at radius 1 is 1.36 bits per heavy atom. The van der Waals surface area contributed by atoms with Crippen molar-refractivity contribution in [2.75, 3.05) is 19.8 Å². The molecular weight excluding hydrogens is 516 g/mol. The average molecular weight is 564 g/mol. The third kappa shape index (κ3) is 9.64. The van der Waals surface area contributed by atoms with E-state index in [0.717, 1.165) is 35.7 Å². The average Bonchev–Trinajstić information content (AvgIpc) is 3.32. The van der Waals surface area contributed by atoms with Crippen LogP contribution in [0.2, 0.25) is 0 Å². The number of rotatable bonds is 16. The van der Waals surface area contributed by atoms with E-state index in [4.69, 9.17) is 15.6 Å². The molecule has 1 aromatic rings. The van der Waals surface area contributed by atoms with Crippen molar-refractivity contribution in [2.45, 2.75) is 97.1 Å². The zero-order chi connectivity index (χ0) is 26.3. The number of nitrogens with two attached hydrogens (primary N) is 1. The number of nitrogens with one attached hydrogen (secondary N) is 1. The van der Waals surface area contributed by atoms with Gasteiger partial charge in [0, 0.05) is 16.2 Å². The number of halogens is 1. The molecule has 2 rings (SSSR count). The van der Waals surface area contributed by atoms with Crippen LogP contribution in [0.15, 0.2) is 40.9 Å². The molecule has 0 bridgehead atoms. The third-order valence-corrected chi connectivity index (χ3v) is 7.97. The van der Waals surface area contributed by atoms with E-state index in [1.54, 1.807) is 6.08 Å². The molecule has 36 heavy (non-hydrogen) atoms. The summed E-state index contributed by atoms with van der Waals surface area (Å²) in [6.07, 6.45) is 16.9. The summed E-state index contributed by atoms with van der Waals surface area (Å²) in [5.41, 5.74) is 8.66. The van der Waals surface area contributed by atoms with E-state index in [2.05, 4.69) is 46.4 Å². The molecule has 1 unspecified atom stereocenters. The van der Waals surface area contributed by atoms with Crippen molar-refractivity contribution < 1.29 is 9.53 Å². The van der Waals surface area contributed by atoms with E-state index in [1.807, 2.05) is 25.1 Å². The minimum Gasteiger partial charge on any atom is -0.376 e. The smallest absolute Gasteiger partial charge is 0.272 e. The van der Waals surface area contributed by atoms with E-state index >= 15 is 0 Å². The highest BCUT2D eigenvalue weighted by Crippen LogP contribution is 2.29. The molecule has 0 aromatic carbocycles. The Kier molecular flexibility index (Phi) is 14.4. The molecule has 2 atom stereocenters. The number of aromatic nitrogens is 2. The molecule has 0 radical (unpaired) electrons. The molecule has 0 saturated heterocycles. The lowest BCUT2D eigenvalue weighted by atomic mass is 9.95. The Hall–Kier alpha value is -1.70. The quantitative estimate of drug-likeness (QED) is 0.175. The molecule has 0 aliphatic heterocycles. The number of nitrogens with zero attached hydrogens (tertiary/aromatic N) is 2. The van der Waals surface area contributed by atoms with Crippen LogP contribution in [0.5, 0.6) is 0 Å². The van der Waals surface area contributed by atoms with E-state index in [0.29, 0.717) is 37.9 Å². The number of amides is 1. The Balaban J connectivity index is 2.06. The Bertz CT molecular complexity index is 871. The molecule has 1 aromatic heterocycles. The van der Waals surface area contributed by atoms with Crippen molar-refractivity contribution in [3.63, 3.8) is 0 Å². The van der Waals surface area contributed by atoms with Gasteiger partial charge >= 0.3 is 0 Å². The van der Waals surface area contributed by atoms with Crippen molar-refractivity contribution in [2.24, 2.45) is 11.7 Å². The monoisotopic (exact) mass is 562 g/mol. The molecule has 1 heterocycles. The topological polar surface area (TPSA) is 82.2 Å². The highest BCUT2D eigenvalue weighted by atomic mass is 79.9. The number of ether oxygens (including phenoxy) is 1. The number of carbonyl (C=O) groups is 1. The van der Waals surface area contributed by atoms with Gasteiger partial charge in [0.15, 0.2) is 0 Å². The largest absolute Gasteiger partial charge is 0.376 e. The summed E-state index contributed by atoms with van der Waals surface area (Å²) in [5.74, 6) is -0.00757. The molecule has 1 aliphatic carbocycles. The number of hydrogen-bond donors (Lipinski definition) is 2. The van der Waals surface area contributed by atoms with Crippen molar-refractivity contribution in [1.29, 1.82) is 0 Å². The first-order valence-corrected chi connectivity index (χ1v) is 14.5. The molecule has 3 N–H and O–H groups in total. The summed E-state index contributed by atoms with van der Waals surface area (Å²) in [6, 6.07) is 2.35. The number of unbranched alkanes of at least 4 members (excludes halogenated alkanes) is 2. The van der Waals surface area contributed by atoms with E-state index in [9.17, 15) is 4.79 Å². The molecule has 6 nitrogen and oxygen atoms in total. The van der Waals surface area contributed by atoms with Crippen LogP contribution in [0.1, 0.15) is 101 Å². The van der Waals surface area contributed by atoms with Crippen LogP contribution in [0, 0.1) is 5.92 Å². The molecule has 1 saturated carbocycles. The molecule has 1 fully saturated rings. The van der Waals surface area contributed by atoms with E-state index < -0.39 is 0 Å². The van der Waals surface area contributed by atoms with Crippen LogP contribution in [0.25, 0.3) is 0 Å². The first-order chi connectivity index (χ1) is 17.4. The van der Waals surface area contributed by atoms with E-state index in [-0.39, 0.29) is 17.9 Å². The number of carbonyl (C=O) groups excluding carboxylic acids is 1. The summed E-state index contributed by atoms with van der Waals surface area (Å²) >= 11 is 3.56. The van der Waals surface area contributed by atoms with Gasteiger partial charge in [0.25, 0.3) is 5.91 Å². The van der Waals surface area contributed by atoms with Gasteiger partial charge < -0.3 is 15.8 Å². The summed E-state index contributed by atoms with van der Waals surface area (Å²) < 4.78 is 9.16. The van der Waals surface area contributed by atoms with Gasteiger partial charge in [0.05, 0.1) is 19.3 Å². The maximum absolute atomic E-state index is 13.3. The van der Waals surface area contributed by atoms with Gasteiger partial charge in [-0.1, -0.05) is 86.7 Å². The summed E-state index contributed by atoms with van der Waals surface area (Å²) in [6.45, 7) is 11.6. The maximum Gasteiger partial charge on any atom is 0.272 e. The van der Waals surface area contributed by atoms with Crippen molar-refractivity contribution in [3.8, 4) is 0 Å². The molecule has 7 heteroatoms. The lowest BCUT2D eigenvalue weighted by Gasteiger charge is -2.25. The molecule has 1 aliphatic rings. The lowest BCUT2D eigenvalue weighted by Crippen LogP contribution is -2.42. The van der Waals surface area contributed by atoms with Gasteiger partial charge in [-0.2, -0.15) is 5.10 Å². The molecule has 1 amide bonds. The summed E-state index contributed by atoms with van der Waals surface area (Å²) in [5, 5.41) is 8.05. The third-order valence-electron chi connectivity index (χ3n) is 7.00. The second-order valence-corrected chi connectivity index (χ2v) is 10.8.